The van der Waals surface area contributed by atoms with Crippen LogP contribution in [0.1, 0.15) is 17.5 Å². The number of hydrogen-bond acceptors (Lipinski definition) is 2. The molecule has 20 heavy (non-hydrogen) atoms. The SMILES string of the molecule is OCCCc1cc(Cl)ccc1OCCc1ccccc1. The standard InChI is InChI=1S/C17H19ClO2/c18-16-8-9-17(15(13-16)7-4-11-19)20-12-10-14-5-2-1-3-6-14/h1-3,5-6,8-9,13,19H,4,7,10-12H2. The van der Waals surface area contributed by atoms with Gasteiger partial charge < -0.3 is 9.84 Å². The van der Waals surface area contributed by atoms with Gasteiger partial charge in [0.05, 0.1) is 6.61 Å². The summed E-state index contributed by atoms with van der Waals surface area (Å²) >= 11 is 6.01. The summed E-state index contributed by atoms with van der Waals surface area (Å²) in [7, 11) is 0. The van der Waals surface area contributed by atoms with Gasteiger partial charge in [-0.05, 0) is 42.2 Å². The zero-order chi connectivity index (χ0) is 14.2. The molecule has 0 aromatic heterocycles. The Balaban J connectivity index is 1.94. The fraction of sp³-hybridized carbons (Fsp3) is 0.294. The van der Waals surface area contributed by atoms with Gasteiger partial charge in [-0.1, -0.05) is 41.9 Å². The molecule has 0 radical (unpaired) electrons. The predicted octanol–water partition coefficient (Wildman–Crippen LogP) is 3.89. The van der Waals surface area contributed by atoms with Gasteiger partial charge in [-0.2, -0.15) is 0 Å². The molecular weight excluding hydrogens is 272 g/mol. The van der Waals surface area contributed by atoms with E-state index in [2.05, 4.69) is 12.1 Å². The Morgan fingerprint density at radius 2 is 1.80 bits per heavy atom. The third kappa shape index (κ3) is 4.55. The van der Waals surface area contributed by atoms with E-state index in [4.69, 9.17) is 21.4 Å². The van der Waals surface area contributed by atoms with E-state index in [1.54, 1.807) is 0 Å². The second kappa shape index (κ2) is 7.93. The van der Waals surface area contributed by atoms with Gasteiger partial charge in [-0.25, -0.2) is 0 Å². The molecule has 0 amide bonds. The molecule has 0 aliphatic rings. The summed E-state index contributed by atoms with van der Waals surface area (Å²) in [5, 5.41) is 9.64. The first kappa shape index (κ1) is 14.9. The summed E-state index contributed by atoms with van der Waals surface area (Å²) in [6.07, 6.45) is 2.37. The summed E-state index contributed by atoms with van der Waals surface area (Å²) in [5.41, 5.74) is 2.32. The molecule has 106 valence electrons. The van der Waals surface area contributed by atoms with Crippen LogP contribution in [0.25, 0.3) is 0 Å². The molecule has 3 heteroatoms. The minimum Gasteiger partial charge on any atom is -0.493 e. The number of hydrogen-bond donors (Lipinski definition) is 1. The molecule has 0 unspecified atom stereocenters. The third-order valence-corrected chi connectivity index (χ3v) is 3.35. The molecule has 0 aliphatic heterocycles. The summed E-state index contributed by atoms with van der Waals surface area (Å²) in [4.78, 5) is 0. The lowest BCUT2D eigenvalue weighted by molar-refractivity contribution is 0.285. The lowest BCUT2D eigenvalue weighted by Crippen LogP contribution is -2.04. The fourth-order valence-electron chi connectivity index (χ4n) is 2.08. The monoisotopic (exact) mass is 290 g/mol. The Morgan fingerprint density at radius 1 is 1.00 bits per heavy atom. The summed E-state index contributed by atoms with van der Waals surface area (Å²) in [6.45, 7) is 0.813. The van der Waals surface area contributed by atoms with Crippen LogP contribution in [0.2, 0.25) is 5.02 Å². The van der Waals surface area contributed by atoms with Crippen LogP contribution >= 0.6 is 11.6 Å². The smallest absolute Gasteiger partial charge is 0.122 e. The maximum Gasteiger partial charge on any atom is 0.122 e. The minimum atomic E-state index is 0.177. The van der Waals surface area contributed by atoms with Crippen LogP contribution in [-0.2, 0) is 12.8 Å². The van der Waals surface area contributed by atoms with Crippen LogP contribution in [-0.4, -0.2) is 18.3 Å². The van der Waals surface area contributed by atoms with Crippen molar-refractivity contribution in [2.45, 2.75) is 19.3 Å². The van der Waals surface area contributed by atoms with Crippen LogP contribution in [0.15, 0.2) is 48.5 Å². The van der Waals surface area contributed by atoms with E-state index in [1.165, 1.54) is 5.56 Å². The van der Waals surface area contributed by atoms with Crippen molar-refractivity contribution >= 4 is 11.6 Å². The molecule has 1 N–H and O–H groups in total. The second-order valence-electron chi connectivity index (χ2n) is 4.66. The topological polar surface area (TPSA) is 29.5 Å². The van der Waals surface area contributed by atoms with Crippen molar-refractivity contribution in [3.63, 3.8) is 0 Å². The maximum absolute atomic E-state index is 8.94. The number of aliphatic hydroxyl groups excluding tert-OH is 1. The highest BCUT2D eigenvalue weighted by atomic mass is 35.5. The van der Waals surface area contributed by atoms with Crippen LogP contribution in [0.4, 0.5) is 0 Å². The molecule has 0 bridgehead atoms. The van der Waals surface area contributed by atoms with Crippen molar-refractivity contribution in [2.75, 3.05) is 13.2 Å². The largest absolute Gasteiger partial charge is 0.493 e. The molecule has 2 aromatic carbocycles. The van der Waals surface area contributed by atoms with Gasteiger partial charge in [0, 0.05) is 18.1 Å². The fourth-order valence-corrected chi connectivity index (χ4v) is 2.27. The molecule has 2 aromatic rings. The average molecular weight is 291 g/mol. The van der Waals surface area contributed by atoms with Gasteiger partial charge in [0.15, 0.2) is 0 Å². The zero-order valence-electron chi connectivity index (χ0n) is 11.4. The molecule has 0 saturated carbocycles. The van der Waals surface area contributed by atoms with E-state index in [1.807, 2.05) is 36.4 Å². The van der Waals surface area contributed by atoms with E-state index >= 15 is 0 Å². The highest BCUT2D eigenvalue weighted by molar-refractivity contribution is 6.30. The van der Waals surface area contributed by atoms with Gasteiger partial charge in [0.1, 0.15) is 5.75 Å². The number of aryl methyl sites for hydroxylation is 1. The Labute approximate surface area is 125 Å². The molecule has 0 heterocycles. The van der Waals surface area contributed by atoms with Gasteiger partial charge in [-0.15, -0.1) is 0 Å². The van der Waals surface area contributed by atoms with E-state index in [-0.39, 0.29) is 6.61 Å². The average Bonchev–Trinajstić information content (AvgIpc) is 2.48. The Kier molecular flexibility index (Phi) is 5.90. The molecule has 0 aliphatic carbocycles. The van der Waals surface area contributed by atoms with E-state index < -0.39 is 0 Å². The van der Waals surface area contributed by atoms with Crippen molar-refractivity contribution in [3.8, 4) is 5.75 Å². The van der Waals surface area contributed by atoms with E-state index in [0.717, 1.165) is 30.6 Å². The molecule has 0 atom stereocenters. The number of benzene rings is 2. The van der Waals surface area contributed by atoms with Crippen LogP contribution in [0, 0.1) is 0 Å². The minimum absolute atomic E-state index is 0.177. The lowest BCUT2D eigenvalue weighted by Gasteiger charge is -2.12. The predicted molar refractivity (Wildman–Crippen MR) is 82.5 cm³/mol. The van der Waals surface area contributed by atoms with Gasteiger partial charge >= 0.3 is 0 Å². The summed E-state index contributed by atoms with van der Waals surface area (Å²) < 4.78 is 5.85. The van der Waals surface area contributed by atoms with E-state index in [0.29, 0.717) is 11.6 Å². The molecular formula is C17H19ClO2. The molecule has 0 fully saturated rings. The lowest BCUT2D eigenvalue weighted by atomic mass is 10.1. The Morgan fingerprint density at radius 3 is 2.55 bits per heavy atom. The molecule has 2 rings (SSSR count). The van der Waals surface area contributed by atoms with Crippen molar-refractivity contribution in [3.05, 3.63) is 64.7 Å². The van der Waals surface area contributed by atoms with Gasteiger partial charge in [0.2, 0.25) is 0 Å². The van der Waals surface area contributed by atoms with Gasteiger partial charge in [0.25, 0.3) is 0 Å². The Bertz CT molecular complexity index is 526. The first-order valence-electron chi connectivity index (χ1n) is 6.85. The number of aliphatic hydroxyl groups is 1. The van der Waals surface area contributed by atoms with Crippen LogP contribution in [0.3, 0.4) is 0 Å². The second-order valence-corrected chi connectivity index (χ2v) is 5.10. The highest BCUT2D eigenvalue weighted by Crippen LogP contribution is 2.24. The molecule has 0 spiro atoms. The van der Waals surface area contributed by atoms with Crippen molar-refractivity contribution in [1.29, 1.82) is 0 Å². The maximum atomic E-state index is 8.94. The van der Waals surface area contributed by atoms with Crippen LogP contribution < -0.4 is 4.74 Å². The molecule has 0 saturated heterocycles. The number of rotatable bonds is 7. The van der Waals surface area contributed by atoms with Crippen LogP contribution in [0.5, 0.6) is 5.75 Å². The first-order chi connectivity index (χ1) is 9.79. The summed E-state index contributed by atoms with van der Waals surface area (Å²) in [5.74, 6) is 0.860. The van der Waals surface area contributed by atoms with Crippen molar-refractivity contribution < 1.29 is 9.84 Å². The van der Waals surface area contributed by atoms with Gasteiger partial charge in [-0.3, -0.25) is 0 Å². The Hall–Kier alpha value is -1.51. The highest BCUT2D eigenvalue weighted by Gasteiger charge is 2.05. The molecule has 2 nitrogen and oxygen atoms in total. The van der Waals surface area contributed by atoms with E-state index in [9.17, 15) is 0 Å². The zero-order valence-corrected chi connectivity index (χ0v) is 12.1. The number of halogens is 1. The quantitative estimate of drug-likeness (QED) is 0.838. The number of ether oxygens (including phenoxy) is 1. The third-order valence-electron chi connectivity index (χ3n) is 3.12. The van der Waals surface area contributed by atoms with Crippen molar-refractivity contribution in [1.82, 2.24) is 0 Å². The summed E-state index contributed by atoms with van der Waals surface area (Å²) in [6, 6.07) is 15.9. The van der Waals surface area contributed by atoms with Crippen molar-refractivity contribution in [2.24, 2.45) is 0 Å². The normalized spacial score (nSPS) is 10.5. The first-order valence-corrected chi connectivity index (χ1v) is 7.23.